The molecule has 0 atom stereocenters. The molecule has 2 N–H and O–H groups in total. The molecule has 2 heterocycles. The molecule has 0 saturated heterocycles. The topological polar surface area (TPSA) is 157 Å². The molecular formula is C11H7N5O6S. The number of nitrogens with zero attached hydrogens (tertiary/aromatic N) is 3. The van der Waals surface area contributed by atoms with Crippen molar-refractivity contribution < 1.29 is 18.3 Å². The van der Waals surface area contributed by atoms with Crippen LogP contribution in [0.3, 0.4) is 0 Å². The van der Waals surface area contributed by atoms with Gasteiger partial charge in [-0.15, -0.1) is 0 Å². The van der Waals surface area contributed by atoms with Crippen molar-refractivity contribution >= 4 is 38.6 Å². The van der Waals surface area contributed by atoms with E-state index in [0.717, 1.165) is 6.20 Å². The van der Waals surface area contributed by atoms with Gasteiger partial charge in [0.15, 0.2) is 0 Å². The molecule has 2 aromatic rings. The Balaban J connectivity index is 2.39. The third kappa shape index (κ3) is 2.30. The van der Waals surface area contributed by atoms with Crippen LogP contribution in [-0.4, -0.2) is 23.2 Å². The second kappa shape index (κ2) is 4.88. The third-order valence-electron chi connectivity index (χ3n) is 3.08. The van der Waals surface area contributed by atoms with Gasteiger partial charge in [0.1, 0.15) is 11.1 Å². The number of hydrogen-bond donors (Lipinski definition) is 2. The number of pyridine rings is 1. The van der Waals surface area contributed by atoms with E-state index in [1.165, 1.54) is 24.3 Å². The number of rotatable bonds is 2. The van der Waals surface area contributed by atoms with E-state index in [1.54, 1.807) is 0 Å². The molecule has 23 heavy (non-hydrogen) atoms. The predicted molar refractivity (Wildman–Crippen MR) is 78.1 cm³/mol. The molecule has 0 aliphatic carbocycles. The first kappa shape index (κ1) is 14.6. The molecule has 118 valence electrons. The summed E-state index contributed by atoms with van der Waals surface area (Å²) in [5.41, 5.74) is -2.32. The molecule has 1 aliphatic heterocycles. The van der Waals surface area contributed by atoms with Crippen molar-refractivity contribution in [2.24, 2.45) is 0 Å². The lowest BCUT2D eigenvalue weighted by Gasteiger charge is -2.17. The number of fused-ring (bicyclic) bond motifs is 3. The van der Waals surface area contributed by atoms with Gasteiger partial charge >= 0.3 is 11.4 Å². The van der Waals surface area contributed by atoms with Crippen LogP contribution in [0.4, 0.5) is 28.6 Å². The maximum absolute atomic E-state index is 12.4. The molecular weight excluding hydrogens is 330 g/mol. The summed E-state index contributed by atoms with van der Waals surface area (Å²) >= 11 is 0. The molecule has 0 amide bonds. The maximum Gasteiger partial charge on any atom is 0.342 e. The van der Waals surface area contributed by atoms with Crippen molar-refractivity contribution in [2.45, 2.75) is 4.90 Å². The first-order valence-electron chi connectivity index (χ1n) is 6.02. The van der Waals surface area contributed by atoms with Crippen LogP contribution in [0, 0.1) is 20.2 Å². The first-order chi connectivity index (χ1) is 10.8. The zero-order valence-electron chi connectivity index (χ0n) is 11.1. The van der Waals surface area contributed by atoms with Gasteiger partial charge < -0.3 is 5.32 Å². The van der Waals surface area contributed by atoms with Crippen LogP contribution in [0.15, 0.2) is 35.4 Å². The normalized spacial score (nSPS) is 14.4. The number of para-hydroxylation sites is 1. The summed E-state index contributed by atoms with van der Waals surface area (Å²) in [6.07, 6.45) is 0.751. The van der Waals surface area contributed by atoms with E-state index in [9.17, 15) is 28.6 Å². The summed E-state index contributed by atoms with van der Waals surface area (Å²) < 4.78 is 26.7. The number of benzene rings is 1. The minimum absolute atomic E-state index is 0.0649. The van der Waals surface area contributed by atoms with Crippen molar-refractivity contribution in [2.75, 3.05) is 10.0 Å². The lowest BCUT2D eigenvalue weighted by Crippen LogP contribution is -2.20. The van der Waals surface area contributed by atoms with E-state index in [4.69, 9.17) is 0 Å². The lowest BCUT2D eigenvalue weighted by molar-refractivity contribution is -0.392. The highest BCUT2D eigenvalue weighted by molar-refractivity contribution is 7.93. The summed E-state index contributed by atoms with van der Waals surface area (Å²) in [5.74, 6) is -0.301. The molecule has 0 radical (unpaired) electrons. The van der Waals surface area contributed by atoms with E-state index in [1.807, 2.05) is 4.72 Å². The Morgan fingerprint density at radius 2 is 1.78 bits per heavy atom. The van der Waals surface area contributed by atoms with Gasteiger partial charge in [-0.25, -0.2) is 13.4 Å². The SMILES string of the molecule is O=[N+]([O-])c1cnc2c([N+](=O)[O-])c1NS(=O)(=O)c1ccccc1N2. The Kier molecular flexibility index (Phi) is 3.11. The van der Waals surface area contributed by atoms with Crippen molar-refractivity contribution in [1.82, 2.24) is 4.98 Å². The molecule has 0 spiro atoms. The Morgan fingerprint density at radius 3 is 2.43 bits per heavy atom. The summed E-state index contributed by atoms with van der Waals surface area (Å²) in [4.78, 5) is 23.9. The van der Waals surface area contributed by atoms with Crippen molar-refractivity contribution in [1.29, 1.82) is 0 Å². The Hall–Kier alpha value is -3.28. The van der Waals surface area contributed by atoms with Gasteiger partial charge in [-0.1, -0.05) is 12.1 Å². The highest BCUT2D eigenvalue weighted by Gasteiger charge is 2.36. The largest absolute Gasteiger partial charge is 0.342 e. The van der Waals surface area contributed by atoms with Crippen molar-refractivity contribution in [3.05, 3.63) is 50.7 Å². The summed E-state index contributed by atoms with van der Waals surface area (Å²) in [6.45, 7) is 0. The zero-order valence-corrected chi connectivity index (χ0v) is 11.9. The van der Waals surface area contributed by atoms with E-state index >= 15 is 0 Å². The van der Waals surface area contributed by atoms with E-state index in [0.29, 0.717) is 0 Å². The molecule has 3 rings (SSSR count). The van der Waals surface area contributed by atoms with Crippen LogP contribution in [0.25, 0.3) is 0 Å². The van der Waals surface area contributed by atoms with Gasteiger partial charge in [-0.05, 0) is 12.1 Å². The van der Waals surface area contributed by atoms with Gasteiger partial charge in [0, 0.05) is 0 Å². The third-order valence-corrected chi connectivity index (χ3v) is 4.49. The van der Waals surface area contributed by atoms with Gasteiger partial charge in [-0.3, -0.25) is 25.0 Å². The van der Waals surface area contributed by atoms with E-state index in [2.05, 4.69) is 10.3 Å². The number of nitrogens with one attached hydrogen (secondary N) is 2. The van der Waals surface area contributed by atoms with Gasteiger partial charge in [0.2, 0.25) is 11.5 Å². The average Bonchev–Trinajstić information content (AvgIpc) is 2.45. The molecule has 1 aliphatic rings. The summed E-state index contributed by atoms with van der Waals surface area (Å²) in [5, 5.41) is 24.8. The van der Waals surface area contributed by atoms with Crippen molar-refractivity contribution in [3.63, 3.8) is 0 Å². The molecule has 0 unspecified atom stereocenters. The Labute approximate surface area is 128 Å². The second-order valence-corrected chi connectivity index (χ2v) is 6.11. The molecule has 12 heteroatoms. The maximum atomic E-state index is 12.4. The van der Waals surface area contributed by atoms with Gasteiger partial charge in [0.05, 0.1) is 15.5 Å². The van der Waals surface area contributed by atoms with Crippen LogP contribution in [-0.2, 0) is 10.0 Å². The molecule has 0 fully saturated rings. The van der Waals surface area contributed by atoms with Crippen LogP contribution >= 0.6 is 0 Å². The summed E-state index contributed by atoms with van der Waals surface area (Å²) in [7, 11) is -4.26. The van der Waals surface area contributed by atoms with E-state index in [-0.39, 0.29) is 16.4 Å². The Morgan fingerprint density at radius 1 is 1.09 bits per heavy atom. The highest BCUT2D eigenvalue weighted by Crippen LogP contribution is 2.43. The molecule has 2 bridgehead atoms. The fraction of sp³-hybridized carbons (Fsp3) is 0. The van der Waals surface area contributed by atoms with Crippen LogP contribution in [0.5, 0.6) is 0 Å². The average molecular weight is 337 g/mol. The van der Waals surface area contributed by atoms with Crippen molar-refractivity contribution in [3.8, 4) is 0 Å². The summed E-state index contributed by atoms with van der Waals surface area (Å²) in [6, 6.07) is 5.63. The fourth-order valence-electron chi connectivity index (χ4n) is 2.12. The molecule has 11 nitrogen and oxygen atoms in total. The van der Waals surface area contributed by atoms with Crippen LogP contribution in [0.1, 0.15) is 0 Å². The standard InChI is InChI=1S/C11H7N5O6S/c17-15(18)7-5-12-11-10(16(19)20)9(7)14-23(21,22)8-4-2-1-3-6(8)13-11/h1-5,14H,(H,12,13). The minimum Gasteiger partial charge on any atom is -0.333 e. The molecule has 0 saturated carbocycles. The van der Waals surface area contributed by atoms with Gasteiger partial charge in [0.25, 0.3) is 10.0 Å². The fourth-order valence-corrected chi connectivity index (χ4v) is 3.37. The number of hydrogen-bond acceptors (Lipinski definition) is 8. The number of aromatic nitrogens is 1. The van der Waals surface area contributed by atoms with Crippen LogP contribution in [0.2, 0.25) is 0 Å². The lowest BCUT2D eigenvalue weighted by atomic mass is 10.2. The highest BCUT2D eigenvalue weighted by atomic mass is 32.2. The molecule has 1 aromatic carbocycles. The quantitative estimate of drug-likeness (QED) is 0.619. The number of sulfonamides is 1. The number of anilines is 3. The predicted octanol–water partition coefficient (Wildman–Crippen LogP) is 1.76. The minimum atomic E-state index is -4.26. The monoisotopic (exact) mass is 337 g/mol. The second-order valence-electron chi connectivity index (χ2n) is 4.46. The molecule has 1 aromatic heterocycles. The smallest absolute Gasteiger partial charge is 0.333 e. The number of nitro groups is 2. The first-order valence-corrected chi connectivity index (χ1v) is 7.50. The van der Waals surface area contributed by atoms with Gasteiger partial charge in [-0.2, -0.15) is 0 Å². The van der Waals surface area contributed by atoms with Crippen LogP contribution < -0.4 is 10.0 Å². The zero-order chi connectivity index (χ0) is 16.8. The van der Waals surface area contributed by atoms with E-state index < -0.39 is 36.9 Å². The Bertz CT molecular complexity index is 957.